The van der Waals surface area contributed by atoms with E-state index in [0.717, 1.165) is 18.6 Å². The van der Waals surface area contributed by atoms with E-state index in [-0.39, 0.29) is 0 Å². The van der Waals surface area contributed by atoms with Crippen LogP contribution in [0.3, 0.4) is 0 Å². The zero-order chi connectivity index (χ0) is 20.6. The molecule has 3 heterocycles. The number of hydrogen-bond donors (Lipinski definition) is 0. The Balaban J connectivity index is 1.19. The van der Waals surface area contributed by atoms with Crippen LogP contribution in [0.25, 0.3) is 0 Å². The number of aryl methyl sites for hydroxylation is 1. The predicted molar refractivity (Wildman–Crippen MR) is 125 cm³/mol. The minimum atomic E-state index is 0.727. The lowest BCUT2D eigenvalue weighted by molar-refractivity contribution is 0.0522. The third-order valence-corrected chi connectivity index (χ3v) is 7.10. The summed E-state index contributed by atoms with van der Waals surface area (Å²) in [4.78, 5) is 12.3. The van der Waals surface area contributed by atoms with Gasteiger partial charge in [-0.1, -0.05) is 36.4 Å². The quantitative estimate of drug-likeness (QED) is 0.659. The van der Waals surface area contributed by atoms with Crippen molar-refractivity contribution in [2.24, 2.45) is 0 Å². The fourth-order valence-corrected chi connectivity index (χ4v) is 5.25. The van der Waals surface area contributed by atoms with Crippen molar-refractivity contribution in [3.05, 3.63) is 66.0 Å². The zero-order valence-electron chi connectivity index (χ0n) is 18.6. The molecule has 2 fully saturated rings. The van der Waals surface area contributed by atoms with Crippen LogP contribution in [0, 0.1) is 0 Å². The summed E-state index contributed by atoms with van der Waals surface area (Å²) in [5, 5.41) is 0. The van der Waals surface area contributed by atoms with Gasteiger partial charge in [0.05, 0.1) is 0 Å². The van der Waals surface area contributed by atoms with Crippen molar-refractivity contribution < 1.29 is 0 Å². The number of likely N-dealkylation sites (tertiary alicyclic amines) is 2. The number of aromatic nitrogens is 1. The molecular weight excluding hydrogens is 368 g/mol. The molecule has 4 heteroatoms. The molecule has 0 N–H and O–H groups in total. The first-order chi connectivity index (χ1) is 14.8. The Morgan fingerprint density at radius 2 is 1.70 bits per heavy atom. The predicted octanol–water partition coefficient (Wildman–Crippen LogP) is 4.08. The molecule has 0 radical (unpaired) electrons. The van der Waals surface area contributed by atoms with Gasteiger partial charge in [-0.15, -0.1) is 0 Å². The van der Waals surface area contributed by atoms with E-state index in [9.17, 15) is 0 Å². The minimum absolute atomic E-state index is 0.727. The van der Waals surface area contributed by atoms with E-state index >= 15 is 0 Å². The summed E-state index contributed by atoms with van der Waals surface area (Å²) < 4.78 is 0. The van der Waals surface area contributed by atoms with Crippen LogP contribution in [0.5, 0.6) is 0 Å². The molecule has 1 atom stereocenters. The SMILES string of the molecule is CN(C1CCN(Cc2cccnc2)CC1)[C@@H]1CCCN(CCCc2ccccc2)C1. The maximum absolute atomic E-state index is 4.26. The maximum Gasteiger partial charge on any atom is 0.0312 e. The molecule has 0 aliphatic carbocycles. The molecular formula is C26H38N4. The van der Waals surface area contributed by atoms with Gasteiger partial charge < -0.3 is 4.90 Å². The monoisotopic (exact) mass is 406 g/mol. The molecule has 2 aliphatic heterocycles. The molecule has 30 heavy (non-hydrogen) atoms. The van der Waals surface area contributed by atoms with Gasteiger partial charge in [0.2, 0.25) is 0 Å². The molecule has 2 aliphatic rings. The third kappa shape index (κ3) is 6.13. The second-order valence-electron chi connectivity index (χ2n) is 9.22. The van der Waals surface area contributed by atoms with Crippen LogP contribution in [0.15, 0.2) is 54.9 Å². The maximum atomic E-state index is 4.26. The van der Waals surface area contributed by atoms with Crippen LogP contribution >= 0.6 is 0 Å². The Labute approximate surface area is 182 Å². The van der Waals surface area contributed by atoms with Gasteiger partial charge in [0.15, 0.2) is 0 Å². The average molecular weight is 407 g/mol. The summed E-state index contributed by atoms with van der Waals surface area (Å²) in [6.45, 7) is 7.23. The first kappa shape index (κ1) is 21.5. The molecule has 0 amide bonds. The number of likely N-dealkylation sites (N-methyl/N-ethyl adjacent to an activating group) is 1. The van der Waals surface area contributed by atoms with E-state index < -0.39 is 0 Å². The van der Waals surface area contributed by atoms with E-state index in [4.69, 9.17) is 0 Å². The summed E-state index contributed by atoms with van der Waals surface area (Å²) in [5.41, 5.74) is 2.81. The molecule has 0 unspecified atom stereocenters. The van der Waals surface area contributed by atoms with Gasteiger partial charge in [-0.25, -0.2) is 0 Å². The number of benzene rings is 1. The van der Waals surface area contributed by atoms with E-state index in [2.05, 4.69) is 63.1 Å². The van der Waals surface area contributed by atoms with E-state index in [1.54, 1.807) is 0 Å². The first-order valence-corrected chi connectivity index (χ1v) is 11.9. The molecule has 162 valence electrons. The number of hydrogen-bond acceptors (Lipinski definition) is 4. The van der Waals surface area contributed by atoms with Crippen molar-refractivity contribution in [1.29, 1.82) is 0 Å². The Kier molecular flexibility index (Phi) is 7.90. The van der Waals surface area contributed by atoms with Gasteiger partial charge >= 0.3 is 0 Å². The van der Waals surface area contributed by atoms with Crippen molar-refractivity contribution >= 4 is 0 Å². The van der Waals surface area contributed by atoms with Gasteiger partial charge in [-0.2, -0.15) is 0 Å². The summed E-state index contributed by atoms with van der Waals surface area (Å²) >= 11 is 0. The van der Waals surface area contributed by atoms with Gasteiger partial charge in [0.25, 0.3) is 0 Å². The summed E-state index contributed by atoms with van der Waals surface area (Å²) in [5.74, 6) is 0. The second kappa shape index (κ2) is 11.0. The highest BCUT2D eigenvalue weighted by molar-refractivity contribution is 5.14. The van der Waals surface area contributed by atoms with Crippen LogP contribution in [0.1, 0.15) is 43.2 Å². The normalized spacial score (nSPS) is 21.9. The smallest absolute Gasteiger partial charge is 0.0312 e. The molecule has 2 aromatic rings. The van der Waals surface area contributed by atoms with Crippen LogP contribution in [-0.4, -0.2) is 71.5 Å². The Hall–Kier alpha value is -1.75. The van der Waals surface area contributed by atoms with Gasteiger partial charge in [0, 0.05) is 37.6 Å². The fraction of sp³-hybridized carbons (Fsp3) is 0.577. The highest BCUT2D eigenvalue weighted by Crippen LogP contribution is 2.23. The van der Waals surface area contributed by atoms with E-state index in [1.165, 1.54) is 82.4 Å². The molecule has 4 rings (SSSR count). The Morgan fingerprint density at radius 3 is 2.47 bits per heavy atom. The lowest BCUT2D eigenvalue weighted by Crippen LogP contribution is -2.52. The van der Waals surface area contributed by atoms with Gasteiger partial charge in [0.1, 0.15) is 0 Å². The molecule has 0 spiro atoms. The topological polar surface area (TPSA) is 22.6 Å². The lowest BCUT2D eigenvalue weighted by Gasteiger charge is -2.44. The lowest BCUT2D eigenvalue weighted by atomic mass is 9.97. The van der Waals surface area contributed by atoms with Crippen molar-refractivity contribution in [2.45, 2.75) is 57.2 Å². The van der Waals surface area contributed by atoms with Gasteiger partial charge in [-0.05, 0) is 88.9 Å². The van der Waals surface area contributed by atoms with Gasteiger partial charge in [-0.3, -0.25) is 14.8 Å². The number of rotatable bonds is 8. The second-order valence-corrected chi connectivity index (χ2v) is 9.22. The van der Waals surface area contributed by atoms with Crippen molar-refractivity contribution in [3.8, 4) is 0 Å². The van der Waals surface area contributed by atoms with Crippen molar-refractivity contribution in [1.82, 2.24) is 19.7 Å². The molecule has 1 aromatic heterocycles. The van der Waals surface area contributed by atoms with Crippen molar-refractivity contribution in [2.75, 3.05) is 39.8 Å². The van der Waals surface area contributed by atoms with E-state index in [1.807, 2.05) is 18.5 Å². The summed E-state index contributed by atoms with van der Waals surface area (Å²) in [6, 6.07) is 16.6. The standard InChI is InChI=1S/C26H38N4/c1-28(25-13-18-30(19-14-25)21-24-10-5-15-27-20-24)26-12-7-17-29(22-26)16-6-11-23-8-3-2-4-9-23/h2-5,8-10,15,20,25-26H,6-7,11-14,16-19,21-22H2,1H3/t26-/m1/s1. The molecule has 0 saturated carbocycles. The van der Waals surface area contributed by atoms with E-state index in [0.29, 0.717) is 0 Å². The summed E-state index contributed by atoms with van der Waals surface area (Å²) in [7, 11) is 2.39. The largest absolute Gasteiger partial charge is 0.302 e. The minimum Gasteiger partial charge on any atom is -0.302 e. The van der Waals surface area contributed by atoms with Crippen LogP contribution < -0.4 is 0 Å². The number of nitrogens with zero attached hydrogens (tertiary/aromatic N) is 4. The molecule has 4 nitrogen and oxygen atoms in total. The first-order valence-electron chi connectivity index (χ1n) is 11.9. The fourth-order valence-electron chi connectivity index (χ4n) is 5.25. The van der Waals surface area contributed by atoms with Crippen LogP contribution in [0.4, 0.5) is 0 Å². The molecule has 2 saturated heterocycles. The third-order valence-electron chi connectivity index (χ3n) is 7.10. The number of pyridine rings is 1. The highest BCUT2D eigenvalue weighted by atomic mass is 15.2. The van der Waals surface area contributed by atoms with Crippen molar-refractivity contribution in [3.63, 3.8) is 0 Å². The summed E-state index contributed by atoms with van der Waals surface area (Å²) in [6.07, 6.45) is 11.6. The molecule has 0 bridgehead atoms. The molecule has 1 aromatic carbocycles. The zero-order valence-corrected chi connectivity index (χ0v) is 18.6. The number of piperidine rings is 2. The Bertz CT molecular complexity index is 727. The Morgan fingerprint density at radius 1 is 0.900 bits per heavy atom. The van der Waals surface area contributed by atoms with Crippen LogP contribution in [0.2, 0.25) is 0 Å². The van der Waals surface area contributed by atoms with Crippen LogP contribution in [-0.2, 0) is 13.0 Å². The average Bonchev–Trinajstić information content (AvgIpc) is 2.81. The highest BCUT2D eigenvalue weighted by Gasteiger charge is 2.29.